The fraction of sp³-hybridized carbons (Fsp3) is 0.136. The Balaban J connectivity index is 2.50. The van der Waals surface area contributed by atoms with E-state index in [-0.39, 0.29) is 42.9 Å². The smallest absolute Gasteiger partial charge is 0.355 e. The summed E-state index contributed by atoms with van der Waals surface area (Å²) >= 11 is 19.6. The van der Waals surface area contributed by atoms with Crippen molar-refractivity contribution in [3.8, 4) is 6.07 Å². The van der Waals surface area contributed by atoms with E-state index in [9.17, 15) is 14.9 Å². The van der Waals surface area contributed by atoms with Crippen molar-refractivity contribution in [2.45, 2.75) is 5.92 Å². The SMILES string of the molecule is COC(=O)C1=C(C(=O)OC)N(c2c(Cl)cc(Br)c(Cl)c2Br)C(N)=C(C#N)C1c1ccccc1. The number of anilines is 1. The Labute approximate surface area is 216 Å². The molecule has 0 spiro atoms. The molecule has 0 fully saturated rings. The molecule has 1 aliphatic heterocycles. The minimum atomic E-state index is -0.988. The summed E-state index contributed by atoms with van der Waals surface area (Å²) in [7, 11) is 2.33. The van der Waals surface area contributed by atoms with Crippen LogP contribution in [0.4, 0.5) is 5.69 Å². The first-order valence-corrected chi connectivity index (χ1v) is 11.5. The number of ether oxygens (including phenoxy) is 2. The number of allylic oxidation sites excluding steroid dienone is 1. The number of benzene rings is 2. The Hall–Kier alpha value is -2.51. The minimum absolute atomic E-state index is 0.0104. The Bertz CT molecular complexity index is 1260. The van der Waals surface area contributed by atoms with Crippen LogP contribution in [0.5, 0.6) is 0 Å². The number of carbonyl (C=O) groups is 2. The number of halogens is 4. The number of esters is 2. The summed E-state index contributed by atoms with van der Waals surface area (Å²) in [4.78, 5) is 27.3. The average Bonchev–Trinajstić information content (AvgIpc) is 2.82. The number of nitriles is 1. The van der Waals surface area contributed by atoms with E-state index in [1.807, 2.05) is 0 Å². The van der Waals surface area contributed by atoms with Crippen molar-refractivity contribution >= 4 is 72.7 Å². The molecule has 33 heavy (non-hydrogen) atoms. The van der Waals surface area contributed by atoms with E-state index in [0.29, 0.717) is 10.0 Å². The van der Waals surface area contributed by atoms with Gasteiger partial charge >= 0.3 is 11.9 Å². The molecule has 2 aromatic carbocycles. The van der Waals surface area contributed by atoms with Crippen LogP contribution in [0.2, 0.25) is 10.0 Å². The number of rotatable bonds is 4. The molecule has 0 radical (unpaired) electrons. The first-order valence-electron chi connectivity index (χ1n) is 9.18. The summed E-state index contributed by atoms with van der Waals surface area (Å²) < 4.78 is 10.7. The molecule has 11 heteroatoms. The molecule has 1 unspecified atom stereocenters. The topological polar surface area (TPSA) is 106 Å². The van der Waals surface area contributed by atoms with Crippen molar-refractivity contribution in [2.24, 2.45) is 5.73 Å². The summed E-state index contributed by atoms with van der Waals surface area (Å²) in [5.74, 6) is -2.85. The average molecular weight is 616 g/mol. The van der Waals surface area contributed by atoms with Gasteiger partial charge in [-0.1, -0.05) is 53.5 Å². The quantitative estimate of drug-likeness (QED) is 0.278. The first kappa shape index (κ1) is 25.1. The lowest BCUT2D eigenvalue weighted by molar-refractivity contribution is -0.139. The van der Waals surface area contributed by atoms with Crippen molar-refractivity contribution in [3.63, 3.8) is 0 Å². The van der Waals surface area contributed by atoms with E-state index in [2.05, 4.69) is 37.9 Å². The van der Waals surface area contributed by atoms with Crippen LogP contribution in [0, 0.1) is 11.3 Å². The molecule has 7 nitrogen and oxygen atoms in total. The predicted molar refractivity (Wildman–Crippen MR) is 131 cm³/mol. The molecule has 1 aliphatic rings. The molecule has 1 heterocycles. The van der Waals surface area contributed by atoms with Gasteiger partial charge in [-0.2, -0.15) is 5.26 Å². The number of nitrogens with zero attached hydrogens (tertiary/aromatic N) is 2. The molecule has 0 saturated heterocycles. The van der Waals surface area contributed by atoms with Crippen LogP contribution in [0.15, 0.2) is 68.0 Å². The fourth-order valence-corrected chi connectivity index (χ4v) is 5.48. The minimum Gasteiger partial charge on any atom is -0.466 e. The third kappa shape index (κ3) is 4.36. The van der Waals surface area contributed by atoms with Gasteiger partial charge in [-0.3, -0.25) is 4.90 Å². The first-order chi connectivity index (χ1) is 15.7. The largest absolute Gasteiger partial charge is 0.466 e. The van der Waals surface area contributed by atoms with Crippen LogP contribution in [0.25, 0.3) is 0 Å². The Morgan fingerprint density at radius 2 is 1.73 bits per heavy atom. The van der Waals surface area contributed by atoms with E-state index in [0.717, 1.165) is 7.11 Å². The van der Waals surface area contributed by atoms with Gasteiger partial charge in [0.1, 0.15) is 11.5 Å². The molecule has 0 saturated carbocycles. The fourth-order valence-electron chi connectivity index (χ4n) is 3.51. The molecular weight excluding hydrogens is 601 g/mol. The molecule has 3 rings (SSSR count). The predicted octanol–water partition coefficient (Wildman–Crippen LogP) is 5.42. The standard InChI is InChI=1S/C22H15Br2Cl2N3O4/c1-32-21(30)15-14(10-6-4-3-5-7-10)11(9-27)20(28)29(19(15)22(31)33-2)18-13(25)8-12(23)17(26)16(18)24/h3-8,14H,28H2,1-2H3. The molecule has 2 N–H and O–H groups in total. The van der Waals surface area contributed by atoms with Crippen LogP contribution in [0.1, 0.15) is 11.5 Å². The molecule has 0 aromatic heterocycles. The summed E-state index contributed by atoms with van der Waals surface area (Å²) in [6.45, 7) is 0. The molecule has 0 amide bonds. The zero-order valence-corrected chi connectivity index (χ0v) is 21.8. The highest BCUT2D eigenvalue weighted by atomic mass is 79.9. The van der Waals surface area contributed by atoms with Gasteiger partial charge in [0.15, 0.2) is 0 Å². The van der Waals surface area contributed by atoms with Gasteiger partial charge in [0.25, 0.3) is 0 Å². The lowest BCUT2D eigenvalue weighted by atomic mass is 9.81. The summed E-state index contributed by atoms with van der Waals surface area (Å²) in [5.41, 5.74) is 6.78. The summed E-state index contributed by atoms with van der Waals surface area (Å²) in [6, 6.07) is 12.2. The van der Waals surface area contributed by atoms with Crippen molar-refractivity contribution in [2.75, 3.05) is 19.1 Å². The van der Waals surface area contributed by atoms with Gasteiger partial charge in [-0.05, 0) is 43.5 Å². The highest BCUT2D eigenvalue weighted by Gasteiger charge is 2.44. The second-order valence-electron chi connectivity index (χ2n) is 6.65. The third-order valence-electron chi connectivity index (χ3n) is 4.92. The van der Waals surface area contributed by atoms with E-state index in [1.54, 1.807) is 30.3 Å². The lowest BCUT2D eigenvalue weighted by Crippen LogP contribution is -2.41. The Morgan fingerprint density at radius 3 is 2.27 bits per heavy atom. The maximum atomic E-state index is 13.1. The molecule has 0 aliphatic carbocycles. The second-order valence-corrected chi connectivity index (χ2v) is 9.08. The van der Waals surface area contributed by atoms with Crippen LogP contribution >= 0.6 is 55.1 Å². The number of nitrogens with two attached hydrogens (primary N) is 1. The zero-order valence-electron chi connectivity index (χ0n) is 17.2. The van der Waals surface area contributed by atoms with Gasteiger partial charge in [-0.15, -0.1) is 0 Å². The molecular formula is C22H15Br2Cl2N3O4. The zero-order chi connectivity index (χ0) is 24.4. The number of carbonyl (C=O) groups excluding carboxylic acids is 2. The van der Waals surface area contributed by atoms with Gasteiger partial charge in [0.05, 0.1) is 57.6 Å². The van der Waals surface area contributed by atoms with Gasteiger partial charge in [-0.25, -0.2) is 9.59 Å². The van der Waals surface area contributed by atoms with Crippen LogP contribution in [0.3, 0.4) is 0 Å². The molecule has 0 bridgehead atoms. The van der Waals surface area contributed by atoms with E-state index < -0.39 is 17.9 Å². The maximum absolute atomic E-state index is 13.1. The number of hydrogen-bond donors (Lipinski definition) is 1. The highest BCUT2D eigenvalue weighted by Crippen LogP contribution is 2.49. The van der Waals surface area contributed by atoms with Crippen LogP contribution in [-0.4, -0.2) is 26.2 Å². The van der Waals surface area contributed by atoms with Gasteiger partial charge < -0.3 is 15.2 Å². The summed E-state index contributed by atoms with van der Waals surface area (Å²) in [6.07, 6.45) is 0. The normalized spacial score (nSPS) is 15.9. The van der Waals surface area contributed by atoms with Crippen molar-refractivity contribution in [1.82, 2.24) is 0 Å². The Morgan fingerprint density at radius 1 is 1.12 bits per heavy atom. The summed E-state index contributed by atoms with van der Waals surface area (Å²) in [5, 5.41) is 10.4. The highest BCUT2D eigenvalue weighted by molar-refractivity contribution is 9.11. The lowest BCUT2D eigenvalue weighted by Gasteiger charge is -2.36. The van der Waals surface area contributed by atoms with Crippen molar-refractivity contribution in [3.05, 3.63) is 83.6 Å². The van der Waals surface area contributed by atoms with Crippen molar-refractivity contribution in [1.29, 1.82) is 5.26 Å². The monoisotopic (exact) mass is 613 g/mol. The molecule has 1 atom stereocenters. The number of hydrogen-bond acceptors (Lipinski definition) is 7. The Kier molecular flexibility index (Phi) is 7.75. The van der Waals surface area contributed by atoms with Crippen LogP contribution in [-0.2, 0) is 19.1 Å². The van der Waals surface area contributed by atoms with Crippen LogP contribution < -0.4 is 10.6 Å². The molecule has 2 aromatic rings. The van der Waals surface area contributed by atoms with E-state index >= 15 is 0 Å². The van der Waals surface area contributed by atoms with Gasteiger partial charge in [0, 0.05) is 4.47 Å². The van der Waals surface area contributed by atoms with Gasteiger partial charge in [0.2, 0.25) is 0 Å². The molecule has 170 valence electrons. The maximum Gasteiger partial charge on any atom is 0.355 e. The second kappa shape index (κ2) is 10.2. The van der Waals surface area contributed by atoms with E-state index in [4.69, 9.17) is 38.4 Å². The number of methoxy groups -OCH3 is 2. The van der Waals surface area contributed by atoms with E-state index in [1.165, 1.54) is 18.1 Å². The third-order valence-corrected chi connectivity index (χ3v) is 7.46. The van der Waals surface area contributed by atoms with Crippen molar-refractivity contribution < 1.29 is 19.1 Å².